The van der Waals surface area contributed by atoms with E-state index in [0.717, 1.165) is 32.2 Å². The maximum absolute atomic E-state index is 12.4. The molecule has 0 aliphatic heterocycles. The average molecular weight is 277 g/mol. The highest BCUT2D eigenvalue weighted by atomic mass is 16.2. The highest BCUT2D eigenvalue weighted by molar-refractivity contribution is 5.97. The molecule has 0 aromatic carbocycles. The van der Waals surface area contributed by atoms with Gasteiger partial charge in [-0.25, -0.2) is 0 Å². The van der Waals surface area contributed by atoms with Crippen LogP contribution in [0.5, 0.6) is 0 Å². The van der Waals surface area contributed by atoms with E-state index < -0.39 is 0 Å². The van der Waals surface area contributed by atoms with Gasteiger partial charge in [-0.1, -0.05) is 32.6 Å². The topological polar surface area (TPSA) is 47.3 Å². The minimum atomic E-state index is -0.136. The summed E-state index contributed by atoms with van der Waals surface area (Å²) in [5.74, 6) is -0.136. The zero-order valence-electron chi connectivity index (χ0n) is 13.1. The van der Waals surface area contributed by atoms with Crippen LogP contribution in [0.4, 0.5) is 0 Å². The van der Waals surface area contributed by atoms with Gasteiger partial charge in [0.25, 0.3) is 5.91 Å². The third kappa shape index (κ3) is 4.88. The minimum Gasteiger partial charge on any atom is -0.379 e. The first kappa shape index (κ1) is 16.6. The van der Waals surface area contributed by atoms with Gasteiger partial charge < -0.3 is 9.80 Å². The van der Waals surface area contributed by atoms with E-state index in [2.05, 4.69) is 13.0 Å². The maximum atomic E-state index is 12.4. The molecule has 4 heteroatoms. The zero-order chi connectivity index (χ0) is 15.0. The quantitative estimate of drug-likeness (QED) is 0.554. The minimum absolute atomic E-state index is 0.136. The standard InChI is InChI=1S/C16H27N3O/c1-4-5-11-18(2)13-14(12-17)16(20)19(3)15-9-7-6-8-10-15/h13,15H,4-11H2,1-3H3/b14-13-. The molecule has 0 aromatic heterocycles. The number of unbranched alkanes of at least 4 members (excludes halogenated alkanes) is 1. The lowest BCUT2D eigenvalue weighted by molar-refractivity contribution is -0.128. The Morgan fingerprint density at radius 2 is 1.95 bits per heavy atom. The number of carbonyl (C=O) groups excluding carboxylic acids is 1. The van der Waals surface area contributed by atoms with Gasteiger partial charge in [-0.05, 0) is 19.3 Å². The predicted octanol–water partition coefficient (Wildman–Crippen LogP) is 2.92. The number of amides is 1. The average Bonchev–Trinajstić information content (AvgIpc) is 2.50. The maximum Gasteiger partial charge on any atom is 0.265 e. The van der Waals surface area contributed by atoms with E-state index in [1.165, 1.54) is 19.3 Å². The Bertz CT molecular complexity index is 378. The first-order chi connectivity index (χ1) is 9.60. The monoisotopic (exact) mass is 277 g/mol. The Balaban J connectivity index is 2.65. The molecule has 112 valence electrons. The van der Waals surface area contributed by atoms with Crippen molar-refractivity contribution in [3.63, 3.8) is 0 Å². The summed E-state index contributed by atoms with van der Waals surface area (Å²) in [6.07, 6.45) is 9.62. The van der Waals surface area contributed by atoms with Crippen molar-refractivity contribution in [3.05, 3.63) is 11.8 Å². The highest BCUT2D eigenvalue weighted by Crippen LogP contribution is 2.22. The highest BCUT2D eigenvalue weighted by Gasteiger charge is 2.24. The molecule has 0 unspecified atom stereocenters. The van der Waals surface area contributed by atoms with Crippen LogP contribution in [0.2, 0.25) is 0 Å². The molecule has 0 saturated heterocycles. The molecule has 1 saturated carbocycles. The van der Waals surface area contributed by atoms with Crippen molar-refractivity contribution in [3.8, 4) is 6.07 Å². The fraction of sp³-hybridized carbons (Fsp3) is 0.750. The van der Waals surface area contributed by atoms with E-state index in [9.17, 15) is 10.1 Å². The fourth-order valence-corrected chi connectivity index (χ4v) is 2.65. The van der Waals surface area contributed by atoms with Crippen molar-refractivity contribution < 1.29 is 4.79 Å². The van der Waals surface area contributed by atoms with Crippen molar-refractivity contribution in [2.75, 3.05) is 20.6 Å². The zero-order valence-corrected chi connectivity index (χ0v) is 13.1. The number of likely N-dealkylation sites (N-methyl/N-ethyl adjacent to an activating group) is 1. The normalized spacial score (nSPS) is 16.6. The van der Waals surface area contributed by atoms with Crippen molar-refractivity contribution in [2.45, 2.75) is 57.9 Å². The number of nitriles is 1. The smallest absolute Gasteiger partial charge is 0.265 e. The Morgan fingerprint density at radius 3 is 2.50 bits per heavy atom. The van der Waals surface area contributed by atoms with E-state index in [4.69, 9.17) is 0 Å². The molecule has 0 atom stereocenters. The largest absolute Gasteiger partial charge is 0.379 e. The third-order valence-corrected chi connectivity index (χ3v) is 4.01. The first-order valence-corrected chi connectivity index (χ1v) is 7.69. The van der Waals surface area contributed by atoms with Crippen molar-refractivity contribution in [2.24, 2.45) is 0 Å². The number of nitrogens with zero attached hydrogens (tertiary/aromatic N) is 3. The molecule has 0 spiro atoms. The van der Waals surface area contributed by atoms with Gasteiger partial charge in [-0.15, -0.1) is 0 Å². The molecule has 1 aliphatic carbocycles. The lowest BCUT2D eigenvalue weighted by atomic mass is 9.94. The Morgan fingerprint density at radius 1 is 1.30 bits per heavy atom. The summed E-state index contributed by atoms with van der Waals surface area (Å²) in [6.45, 7) is 3.01. The van der Waals surface area contributed by atoms with Gasteiger partial charge in [0.2, 0.25) is 0 Å². The van der Waals surface area contributed by atoms with E-state index in [1.807, 2.05) is 19.0 Å². The Hall–Kier alpha value is -1.50. The molecule has 4 nitrogen and oxygen atoms in total. The number of hydrogen-bond acceptors (Lipinski definition) is 3. The molecule has 1 aliphatic rings. The van der Waals surface area contributed by atoms with E-state index in [1.54, 1.807) is 11.1 Å². The molecule has 0 aromatic rings. The van der Waals surface area contributed by atoms with E-state index in [-0.39, 0.29) is 11.5 Å². The molecule has 1 fully saturated rings. The van der Waals surface area contributed by atoms with Gasteiger partial charge >= 0.3 is 0 Å². The summed E-state index contributed by atoms with van der Waals surface area (Å²) in [5.41, 5.74) is 0.247. The molecular weight excluding hydrogens is 250 g/mol. The summed E-state index contributed by atoms with van der Waals surface area (Å²) in [7, 11) is 3.75. The van der Waals surface area contributed by atoms with Crippen LogP contribution in [0.3, 0.4) is 0 Å². The molecule has 1 rings (SSSR count). The van der Waals surface area contributed by atoms with Gasteiger partial charge in [-0.3, -0.25) is 4.79 Å². The van der Waals surface area contributed by atoms with Crippen LogP contribution in [-0.4, -0.2) is 42.4 Å². The second-order valence-electron chi connectivity index (χ2n) is 5.70. The fourth-order valence-electron chi connectivity index (χ4n) is 2.65. The summed E-state index contributed by atoms with van der Waals surface area (Å²) in [6, 6.07) is 2.36. The van der Waals surface area contributed by atoms with Crippen LogP contribution in [0.15, 0.2) is 11.8 Å². The summed E-state index contributed by atoms with van der Waals surface area (Å²) in [5, 5.41) is 9.23. The number of hydrogen-bond donors (Lipinski definition) is 0. The van der Waals surface area contributed by atoms with Crippen LogP contribution in [0, 0.1) is 11.3 Å². The molecule has 0 bridgehead atoms. The second kappa shape index (κ2) is 8.63. The molecule has 20 heavy (non-hydrogen) atoms. The van der Waals surface area contributed by atoms with Crippen LogP contribution in [0.25, 0.3) is 0 Å². The van der Waals surface area contributed by atoms with Crippen molar-refractivity contribution in [1.29, 1.82) is 5.26 Å². The first-order valence-electron chi connectivity index (χ1n) is 7.69. The third-order valence-electron chi connectivity index (χ3n) is 4.01. The van der Waals surface area contributed by atoms with E-state index in [0.29, 0.717) is 6.04 Å². The van der Waals surface area contributed by atoms with Gasteiger partial charge in [-0.2, -0.15) is 5.26 Å². The summed E-state index contributed by atoms with van der Waals surface area (Å²) in [4.78, 5) is 16.1. The van der Waals surface area contributed by atoms with Gasteiger partial charge in [0, 0.05) is 32.9 Å². The van der Waals surface area contributed by atoms with Crippen LogP contribution >= 0.6 is 0 Å². The van der Waals surface area contributed by atoms with Crippen LogP contribution in [0.1, 0.15) is 51.9 Å². The number of rotatable bonds is 6. The van der Waals surface area contributed by atoms with Crippen molar-refractivity contribution >= 4 is 5.91 Å². The van der Waals surface area contributed by atoms with Crippen molar-refractivity contribution in [1.82, 2.24) is 9.80 Å². The Kier molecular flexibility index (Phi) is 7.14. The van der Waals surface area contributed by atoms with E-state index >= 15 is 0 Å². The lowest BCUT2D eigenvalue weighted by Crippen LogP contribution is -2.39. The molecule has 0 heterocycles. The summed E-state index contributed by atoms with van der Waals surface area (Å²) >= 11 is 0. The van der Waals surface area contributed by atoms with Crippen LogP contribution < -0.4 is 0 Å². The Labute approximate surface area is 123 Å². The molecule has 0 N–H and O–H groups in total. The second-order valence-corrected chi connectivity index (χ2v) is 5.70. The van der Waals surface area contributed by atoms with Gasteiger partial charge in [0.05, 0.1) is 0 Å². The number of carbonyl (C=O) groups is 1. The molecule has 1 amide bonds. The SMILES string of the molecule is CCCCN(C)/C=C(/C#N)C(=O)N(C)C1CCCCC1. The van der Waals surface area contributed by atoms with Gasteiger partial charge in [0.1, 0.15) is 11.6 Å². The van der Waals surface area contributed by atoms with Crippen LogP contribution in [-0.2, 0) is 4.79 Å². The lowest BCUT2D eigenvalue weighted by Gasteiger charge is -2.31. The van der Waals surface area contributed by atoms with Gasteiger partial charge in [0.15, 0.2) is 0 Å². The molecule has 0 radical (unpaired) electrons. The predicted molar refractivity (Wildman–Crippen MR) is 80.9 cm³/mol. The summed E-state index contributed by atoms with van der Waals surface area (Å²) < 4.78 is 0. The molecular formula is C16H27N3O.